The van der Waals surface area contributed by atoms with Gasteiger partial charge >= 0.3 is 0 Å². The molecular weight excluding hydrogens is 138 g/mol. The molecule has 1 saturated heterocycles. The van der Waals surface area contributed by atoms with Gasteiger partial charge in [0.25, 0.3) is 0 Å². The summed E-state index contributed by atoms with van der Waals surface area (Å²) in [5.74, 6) is 1.24. The summed E-state index contributed by atoms with van der Waals surface area (Å²) in [6.07, 6.45) is 3.34. The third-order valence-electron chi connectivity index (χ3n) is 2.00. The lowest BCUT2D eigenvalue weighted by Gasteiger charge is -2.55. The lowest BCUT2D eigenvalue weighted by atomic mass is 10.2. The molecule has 1 nitrogen and oxygen atoms in total. The Hall–Kier alpha value is 0.660. The van der Waals surface area contributed by atoms with E-state index in [-0.39, 0.29) is 4.87 Å². The van der Waals surface area contributed by atoms with Crippen LogP contribution in [0.5, 0.6) is 0 Å². The fourth-order valence-corrected chi connectivity index (χ4v) is 2.71. The van der Waals surface area contributed by atoms with Crippen LogP contribution in [0.25, 0.3) is 0 Å². The molecule has 0 amide bonds. The van der Waals surface area contributed by atoms with Gasteiger partial charge in [0.15, 0.2) is 0 Å². The molecule has 1 heterocycles. The van der Waals surface area contributed by atoms with Crippen LogP contribution in [0.3, 0.4) is 0 Å². The minimum Gasteiger partial charge on any atom is -0.318 e. The predicted octanol–water partition coefficient (Wildman–Crippen LogP) is 1.34. The fourth-order valence-electron chi connectivity index (χ4n) is 0.719. The fraction of sp³-hybridized carbons (Fsp3) is 1.00. The van der Waals surface area contributed by atoms with Crippen molar-refractivity contribution in [3.63, 3.8) is 0 Å². The van der Waals surface area contributed by atoms with Crippen molar-refractivity contribution in [3.8, 4) is 0 Å². The van der Waals surface area contributed by atoms with Crippen LogP contribution in [0.4, 0.5) is 0 Å². The zero-order valence-corrected chi connectivity index (χ0v) is 7.06. The van der Waals surface area contributed by atoms with Crippen molar-refractivity contribution in [2.45, 2.75) is 18.2 Å². The highest BCUT2D eigenvalue weighted by atomic mass is 33.1. The summed E-state index contributed by atoms with van der Waals surface area (Å²) < 4.78 is 0. The second-order valence-electron chi connectivity index (χ2n) is 2.81. The second-order valence-corrected chi connectivity index (χ2v) is 8.65. The molecule has 0 radical (unpaired) electrons. The SMILES string of the molecule is CC1(N)CCS1(C)S. The van der Waals surface area contributed by atoms with E-state index in [2.05, 4.69) is 24.8 Å². The third kappa shape index (κ3) is 0.769. The van der Waals surface area contributed by atoms with Crippen molar-refractivity contribution in [1.82, 2.24) is 0 Å². The van der Waals surface area contributed by atoms with E-state index in [4.69, 9.17) is 5.73 Å². The van der Waals surface area contributed by atoms with Crippen LogP contribution in [0.15, 0.2) is 0 Å². The van der Waals surface area contributed by atoms with Crippen molar-refractivity contribution >= 4 is 20.7 Å². The quantitative estimate of drug-likeness (QED) is 0.396. The number of thiol groups is 1. The van der Waals surface area contributed by atoms with Crippen LogP contribution in [-0.2, 0) is 0 Å². The first-order chi connectivity index (χ1) is 3.46. The highest BCUT2D eigenvalue weighted by molar-refractivity contribution is 8.88. The van der Waals surface area contributed by atoms with Gasteiger partial charge < -0.3 is 5.73 Å². The Balaban J connectivity index is 2.63. The third-order valence-corrected chi connectivity index (χ3v) is 7.01. The van der Waals surface area contributed by atoms with E-state index < -0.39 is 9.06 Å². The van der Waals surface area contributed by atoms with Crippen molar-refractivity contribution in [3.05, 3.63) is 0 Å². The zero-order valence-electron chi connectivity index (χ0n) is 5.35. The van der Waals surface area contributed by atoms with Crippen LogP contribution >= 0.6 is 20.7 Å². The molecule has 0 aliphatic carbocycles. The van der Waals surface area contributed by atoms with Gasteiger partial charge in [-0.2, -0.15) is 9.06 Å². The minimum absolute atomic E-state index is 0.0656. The normalized spacial score (nSPS) is 63.5. The van der Waals surface area contributed by atoms with Gasteiger partial charge in [-0.25, -0.2) is 0 Å². The van der Waals surface area contributed by atoms with Gasteiger partial charge in [-0.3, -0.25) is 0 Å². The zero-order chi connectivity index (χ0) is 6.41. The van der Waals surface area contributed by atoms with Gasteiger partial charge in [-0.05, 0) is 25.4 Å². The Labute approximate surface area is 57.1 Å². The molecule has 0 spiro atoms. The Morgan fingerprint density at radius 3 is 2.12 bits per heavy atom. The Kier molecular flexibility index (Phi) is 1.34. The summed E-state index contributed by atoms with van der Waals surface area (Å²) >= 11 is 4.48. The molecule has 2 N–H and O–H groups in total. The van der Waals surface area contributed by atoms with Crippen LogP contribution < -0.4 is 5.73 Å². The molecule has 50 valence electrons. The van der Waals surface area contributed by atoms with Gasteiger partial charge in [0.05, 0.1) is 4.87 Å². The highest BCUT2D eigenvalue weighted by Crippen LogP contribution is 2.67. The molecule has 1 rings (SSSR count). The number of hydrogen-bond donors (Lipinski definition) is 2. The molecule has 1 aliphatic rings. The van der Waals surface area contributed by atoms with Gasteiger partial charge in [0.1, 0.15) is 0 Å². The van der Waals surface area contributed by atoms with E-state index in [0.29, 0.717) is 0 Å². The monoisotopic (exact) mass is 151 g/mol. The molecule has 0 aromatic heterocycles. The van der Waals surface area contributed by atoms with Gasteiger partial charge in [0.2, 0.25) is 0 Å². The lowest BCUT2D eigenvalue weighted by molar-refractivity contribution is 0.603. The summed E-state index contributed by atoms with van der Waals surface area (Å²) in [4.78, 5) is 0.0656. The maximum Gasteiger partial charge on any atom is 0.0522 e. The molecule has 0 aromatic carbocycles. The topological polar surface area (TPSA) is 26.0 Å². The average Bonchev–Trinajstić information content (AvgIpc) is 1.64. The molecule has 2 unspecified atom stereocenters. The van der Waals surface area contributed by atoms with Gasteiger partial charge in [-0.15, -0.1) is 11.7 Å². The molecule has 3 heteroatoms. The minimum atomic E-state index is -0.688. The van der Waals surface area contributed by atoms with Crippen LogP contribution in [0, 0.1) is 0 Å². The molecule has 8 heavy (non-hydrogen) atoms. The van der Waals surface area contributed by atoms with Gasteiger partial charge in [-0.1, -0.05) is 0 Å². The van der Waals surface area contributed by atoms with Gasteiger partial charge in [0, 0.05) is 0 Å². The van der Waals surface area contributed by atoms with Crippen LogP contribution in [0.2, 0.25) is 0 Å². The van der Waals surface area contributed by atoms with Crippen molar-refractivity contribution < 1.29 is 0 Å². The van der Waals surface area contributed by atoms with E-state index in [1.165, 1.54) is 5.75 Å². The van der Waals surface area contributed by atoms with Crippen molar-refractivity contribution in [1.29, 1.82) is 0 Å². The summed E-state index contributed by atoms with van der Waals surface area (Å²) in [7, 11) is -0.688. The maximum atomic E-state index is 5.86. The lowest BCUT2D eigenvalue weighted by Crippen LogP contribution is -2.49. The van der Waals surface area contributed by atoms with Crippen LogP contribution in [-0.4, -0.2) is 16.9 Å². The molecular formula is C5H13NS2. The summed E-state index contributed by atoms with van der Waals surface area (Å²) in [5, 5.41) is 0. The van der Waals surface area contributed by atoms with E-state index in [9.17, 15) is 0 Å². The van der Waals surface area contributed by atoms with E-state index >= 15 is 0 Å². The summed E-state index contributed by atoms with van der Waals surface area (Å²) in [5.41, 5.74) is 5.86. The van der Waals surface area contributed by atoms with Crippen LogP contribution in [0.1, 0.15) is 13.3 Å². The largest absolute Gasteiger partial charge is 0.318 e. The number of rotatable bonds is 0. The first-order valence-corrected chi connectivity index (χ1v) is 5.99. The Morgan fingerprint density at radius 1 is 1.75 bits per heavy atom. The average molecular weight is 151 g/mol. The smallest absolute Gasteiger partial charge is 0.0522 e. The number of hydrogen-bond acceptors (Lipinski definition) is 2. The van der Waals surface area contributed by atoms with Crippen molar-refractivity contribution in [2.24, 2.45) is 5.73 Å². The molecule has 2 atom stereocenters. The predicted molar refractivity (Wildman–Crippen MR) is 44.6 cm³/mol. The first kappa shape index (κ1) is 6.78. The first-order valence-electron chi connectivity index (χ1n) is 2.73. The van der Waals surface area contributed by atoms with Crippen molar-refractivity contribution in [2.75, 3.05) is 12.0 Å². The summed E-state index contributed by atoms with van der Waals surface area (Å²) in [6, 6.07) is 0. The summed E-state index contributed by atoms with van der Waals surface area (Å²) in [6.45, 7) is 2.10. The van der Waals surface area contributed by atoms with E-state index in [1.54, 1.807) is 0 Å². The molecule has 1 fully saturated rings. The Bertz CT molecular complexity index is 95.0. The standard InChI is InChI=1S/C5H13NS2/c1-5(6)3-4-8(5,2)7/h7H,3-4,6H2,1-2H3. The van der Waals surface area contributed by atoms with E-state index in [1.807, 2.05) is 0 Å². The second kappa shape index (κ2) is 1.58. The highest BCUT2D eigenvalue weighted by Gasteiger charge is 2.43. The molecule has 0 aromatic rings. The van der Waals surface area contributed by atoms with E-state index in [0.717, 1.165) is 6.42 Å². The number of nitrogens with two attached hydrogens (primary N) is 1. The Morgan fingerprint density at radius 2 is 2.12 bits per heavy atom. The molecule has 0 bridgehead atoms. The maximum absolute atomic E-state index is 5.86. The molecule has 1 aliphatic heterocycles. The molecule has 0 saturated carbocycles.